The normalized spacial score (nSPS) is 13.5. The molecule has 51 heavy (non-hydrogen) atoms. The van der Waals surface area contributed by atoms with Gasteiger partial charge >= 0.3 is 0 Å². The quantitative estimate of drug-likeness (QED) is 0.209. The summed E-state index contributed by atoms with van der Waals surface area (Å²) in [5.74, 6) is 1.62. The highest BCUT2D eigenvalue weighted by atomic mass is 16.5. The van der Waals surface area contributed by atoms with E-state index in [1.54, 1.807) is 0 Å². The fourth-order valence-electron chi connectivity index (χ4n) is 8.70. The molecule has 0 aliphatic carbocycles. The lowest BCUT2D eigenvalue weighted by atomic mass is 9.20. The lowest BCUT2D eigenvalue weighted by Crippen LogP contribution is -2.76. The Hall–Kier alpha value is -6.59. The summed E-state index contributed by atoms with van der Waals surface area (Å²) < 4.78 is 7.19. The Balaban J connectivity index is 1.32. The summed E-state index contributed by atoms with van der Waals surface area (Å²) in [6, 6.07) is 54.3. The molecule has 0 radical (unpaired) electrons. The van der Waals surface area contributed by atoms with Gasteiger partial charge in [0.15, 0.2) is 11.5 Å². The first-order valence-corrected chi connectivity index (χ1v) is 17.4. The minimum absolute atomic E-state index is 0.00640. The smallest absolute Gasteiger partial charge is 0.245 e. The number of pyridine rings is 2. The van der Waals surface area contributed by atoms with Crippen molar-refractivity contribution >= 4 is 91.2 Å². The number of aromatic nitrogens is 2. The summed E-state index contributed by atoms with van der Waals surface area (Å²) in [5, 5.41) is 1.09. The minimum Gasteiger partial charge on any atom is -0.451 e. The second kappa shape index (κ2) is 11.0. The second-order valence-corrected chi connectivity index (χ2v) is 13.3. The molecule has 0 bridgehead atoms. The molecule has 0 fully saturated rings. The van der Waals surface area contributed by atoms with E-state index in [1.165, 1.54) is 32.8 Å². The topological polar surface area (TPSA) is 41.5 Å². The molecule has 236 valence electrons. The molecule has 0 amide bonds. The van der Waals surface area contributed by atoms with Gasteiger partial charge < -0.3 is 14.5 Å². The van der Waals surface area contributed by atoms with Crippen molar-refractivity contribution in [1.82, 2.24) is 9.97 Å². The van der Waals surface area contributed by atoms with Crippen LogP contribution in [0.4, 0.5) is 34.1 Å². The Bertz CT molecular complexity index is 2650. The molecule has 6 aromatic carbocycles. The van der Waals surface area contributed by atoms with Crippen LogP contribution in [0.15, 0.2) is 170 Å². The van der Waals surface area contributed by atoms with Gasteiger partial charge in [-0.25, -0.2) is 0 Å². The van der Waals surface area contributed by atoms with E-state index in [0.29, 0.717) is 0 Å². The van der Waals surface area contributed by atoms with E-state index in [4.69, 9.17) is 9.72 Å². The molecule has 8 aromatic rings. The maximum Gasteiger partial charge on any atom is 0.245 e. The van der Waals surface area contributed by atoms with Crippen LogP contribution < -0.4 is 47.3 Å². The van der Waals surface area contributed by atoms with Crippen LogP contribution in [0.5, 0.6) is 11.5 Å². The first-order valence-electron chi connectivity index (χ1n) is 17.4. The Kier molecular flexibility index (Phi) is 6.07. The van der Waals surface area contributed by atoms with Gasteiger partial charge in [0.25, 0.3) is 0 Å². The van der Waals surface area contributed by atoms with Crippen molar-refractivity contribution in [1.29, 1.82) is 0 Å². The van der Waals surface area contributed by atoms with Crippen LogP contribution in [0.25, 0.3) is 10.9 Å². The molecule has 0 unspecified atom stereocenters. The van der Waals surface area contributed by atoms with Crippen molar-refractivity contribution < 1.29 is 4.74 Å². The van der Waals surface area contributed by atoms with Crippen molar-refractivity contribution in [3.63, 3.8) is 0 Å². The van der Waals surface area contributed by atoms with Crippen LogP contribution in [0.3, 0.4) is 0 Å². The molecule has 0 spiro atoms. The van der Waals surface area contributed by atoms with E-state index < -0.39 is 0 Å². The molecule has 11 rings (SSSR count). The van der Waals surface area contributed by atoms with E-state index in [1.807, 2.05) is 30.7 Å². The predicted octanol–water partition coefficient (Wildman–Crippen LogP) is 6.33. The molecule has 3 aliphatic rings. The number of rotatable bonds is 3. The van der Waals surface area contributed by atoms with E-state index in [-0.39, 0.29) is 13.4 Å². The number of ether oxygens (including phenoxy) is 1. The molecule has 2 aromatic heterocycles. The van der Waals surface area contributed by atoms with Crippen LogP contribution in [0.1, 0.15) is 0 Å². The lowest BCUT2D eigenvalue weighted by Gasteiger charge is -2.45. The van der Waals surface area contributed by atoms with Crippen molar-refractivity contribution in [2.45, 2.75) is 0 Å². The van der Waals surface area contributed by atoms with Gasteiger partial charge in [0, 0.05) is 35.4 Å². The Morgan fingerprint density at radius 2 is 1.18 bits per heavy atom. The minimum atomic E-state index is 0.00640. The van der Waals surface area contributed by atoms with Gasteiger partial charge in [0.05, 0.1) is 28.3 Å². The van der Waals surface area contributed by atoms with E-state index >= 15 is 0 Å². The highest BCUT2D eigenvalue weighted by molar-refractivity contribution is 7.12. The van der Waals surface area contributed by atoms with E-state index in [9.17, 15) is 0 Å². The molecule has 5 nitrogen and oxygen atoms in total. The lowest BCUT2D eigenvalue weighted by molar-refractivity contribution is 0.478. The predicted molar refractivity (Wildman–Crippen MR) is 211 cm³/mol. The maximum absolute atomic E-state index is 7.19. The summed E-state index contributed by atoms with van der Waals surface area (Å²) in [5.41, 5.74) is 14.9. The number of para-hydroxylation sites is 4. The van der Waals surface area contributed by atoms with Crippen LogP contribution >= 0.6 is 0 Å². The fraction of sp³-hybridized carbons (Fsp3) is 0. The Morgan fingerprint density at radius 3 is 2.02 bits per heavy atom. The molecular weight excluding hydrogens is 622 g/mol. The molecular formula is C44H28B2N4O. The van der Waals surface area contributed by atoms with Crippen molar-refractivity contribution in [2.75, 3.05) is 9.80 Å². The first kappa shape index (κ1) is 28.3. The van der Waals surface area contributed by atoms with Crippen LogP contribution in [-0.2, 0) is 0 Å². The highest BCUT2D eigenvalue weighted by Crippen LogP contribution is 2.56. The van der Waals surface area contributed by atoms with Crippen molar-refractivity contribution in [3.8, 4) is 11.5 Å². The molecule has 7 heteroatoms. The summed E-state index contributed by atoms with van der Waals surface area (Å²) in [6.45, 7) is 0.0195. The zero-order valence-corrected chi connectivity index (χ0v) is 27.5. The number of benzene rings is 6. The van der Waals surface area contributed by atoms with E-state index in [2.05, 4.69) is 154 Å². The monoisotopic (exact) mass is 650 g/mol. The van der Waals surface area contributed by atoms with Crippen LogP contribution in [-0.4, -0.2) is 23.4 Å². The molecule has 0 N–H and O–H groups in total. The average Bonchev–Trinajstić information content (AvgIpc) is 3.20. The number of anilines is 6. The first-order chi connectivity index (χ1) is 25.3. The number of nitrogens with zero attached hydrogens (tertiary/aromatic N) is 4. The van der Waals surface area contributed by atoms with Crippen molar-refractivity contribution in [3.05, 3.63) is 170 Å². The fourth-order valence-corrected chi connectivity index (χ4v) is 8.70. The summed E-state index contributed by atoms with van der Waals surface area (Å²) >= 11 is 0. The maximum atomic E-state index is 7.19. The van der Waals surface area contributed by atoms with Gasteiger partial charge in [-0.2, -0.15) is 0 Å². The SMILES string of the molecule is c1ccc(B2c3ccccc3B3c4ccccc4N(c4ccncc4)c4c5c(cc2c43)N(c2cccc3cccnc23)c2ccccc2O5)cc1. The van der Waals surface area contributed by atoms with Gasteiger partial charge in [-0.15, -0.1) is 0 Å². The zero-order chi connectivity index (χ0) is 33.5. The molecule has 3 aliphatic heterocycles. The summed E-state index contributed by atoms with van der Waals surface area (Å²) in [6.07, 6.45) is 5.63. The molecule has 0 atom stereocenters. The Labute approximate surface area is 296 Å². The summed E-state index contributed by atoms with van der Waals surface area (Å²) in [4.78, 5) is 14.1. The van der Waals surface area contributed by atoms with Gasteiger partial charge in [0.2, 0.25) is 13.4 Å². The highest BCUT2D eigenvalue weighted by Gasteiger charge is 2.48. The number of fused-ring (bicyclic) bond motifs is 8. The average molecular weight is 650 g/mol. The van der Waals surface area contributed by atoms with Gasteiger partial charge in [-0.1, -0.05) is 125 Å². The molecule has 0 saturated heterocycles. The van der Waals surface area contributed by atoms with Crippen molar-refractivity contribution in [2.24, 2.45) is 0 Å². The zero-order valence-electron chi connectivity index (χ0n) is 27.5. The number of hydrogen-bond acceptors (Lipinski definition) is 5. The van der Waals surface area contributed by atoms with Crippen LogP contribution in [0.2, 0.25) is 0 Å². The standard InChI is InChI=1S/C44H28B2N4O/c1-2-14-30(15-3-1)45-32-16-4-5-17-33(32)46-34-18-6-7-19-36(34)49(31-23-26-47-27-24-31)43-41(46)35(45)28-39-44(43)51-40-22-9-8-20-37(40)50(39)38-21-10-12-29-13-11-25-48-42(29)38/h1-28H. The third kappa shape index (κ3) is 4.06. The van der Waals surface area contributed by atoms with Gasteiger partial charge in [0.1, 0.15) is 0 Å². The summed E-state index contributed by atoms with van der Waals surface area (Å²) in [7, 11) is 0. The van der Waals surface area contributed by atoms with Crippen LogP contribution in [0, 0.1) is 0 Å². The van der Waals surface area contributed by atoms with Gasteiger partial charge in [-0.3, -0.25) is 9.97 Å². The Morgan fingerprint density at radius 1 is 0.490 bits per heavy atom. The second-order valence-electron chi connectivity index (χ2n) is 13.3. The third-order valence-corrected chi connectivity index (χ3v) is 10.7. The largest absolute Gasteiger partial charge is 0.451 e. The number of hydrogen-bond donors (Lipinski definition) is 0. The molecule has 0 saturated carbocycles. The van der Waals surface area contributed by atoms with Gasteiger partial charge in [-0.05, 0) is 59.5 Å². The third-order valence-electron chi connectivity index (χ3n) is 10.7. The molecule has 5 heterocycles. The van der Waals surface area contributed by atoms with E-state index in [0.717, 1.165) is 56.5 Å².